The highest BCUT2D eigenvalue weighted by Gasteiger charge is 2.41. The third-order valence-corrected chi connectivity index (χ3v) is 4.13. The molecule has 26 heavy (non-hydrogen) atoms. The maximum atomic E-state index is 13.0. The first-order chi connectivity index (χ1) is 12.1. The van der Waals surface area contributed by atoms with Crippen LogP contribution in [0.1, 0.15) is 25.8 Å². The number of benzene rings is 1. The fraction of sp³-hybridized carbons (Fsp3) is 0.444. The number of urea groups is 1. The first-order valence-electron chi connectivity index (χ1n) is 8.14. The van der Waals surface area contributed by atoms with Crippen molar-refractivity contribution in [2.75, 3.05) is 7.11 Å². The predicted octanol–water partition coefficient (Wildman–Crippen LogP) is 3.65. The number of rotatable bonds is 6. The van der Waals surface area contributed by atoms with Crippen LogP contribution < -0.4 is 10.1 Å². The lowest BCUT2D eigenvalue weighted by Crippen LogP contribution is -2.51. The third kappa shape index (κ3) is 4.77. The molecule has 1 N–H and O–H groups in total. The lowest BCUT2D eigenvalue weighted by molar-refractivity contribution is -0.123. The molecule has 1 unspecified atom stereocenters. The van der Waals surface area contributed by atoms with Gasteiger partial charge in [-0.2, -0.15) is 13.2 Å². The van der Waals surface area contributed by atoms with Crippen molar-refractivity contribution >= 4 is 11.8 Å². The van der Waals surface area contributed by atoms with E-state index in [1.54, 1.807) is 38.1 Å². The van der Waals surface area contributed by atoms with Gasteiger partial charge in [0.25, 0.3) is 0 Å². The largest absolute Gasteiger partial charge is 0.497 e. The zero-order valence-corrected chi connectivity index (χ0v) is 14.8. The van der Waals surface area contributed by atoms with Gasteiger partial charge in [0.1, 0.15) is 17.2 Å². The Labute approximate surface area is 149 Å². The Morgan fingerprint density at radius 2 is 1.88 bits per heavy atom. The van der Waals surface area contributed by atoms with Crippen molar-refractivity contribution in [2.24, 2.45) is 5.92 Å². The van der Waals surface area contributed by atoms with E-state index in [1.165, 1.54) is 12.0 Å². The third-order valence-electron chi connectivity index (χ3n) is 4.13. The van der Waals surface area contributed by atoms with Crippen molar-refractivity contribution in [2.45, 2.75) is 39.0 Å². The number of hydrogen-bond donors (Lipinski definition) is 1. The summed E-state index contributed by atoms with van der Waals surface area (Å²) < 4.78 is 44.1. The van der Waals surface area contributed by atoms with Gasteiger partial charge in [0.15, 0.2) is 0 Å². The number of nitrogens with one attached hydrogen (secondary N) is 1. The van der Waals surface area contributed by atoms with Crippen molar-refractivity contribution in [3.05, 3.63) is 41.6 Å². The number of ether oxygens (including phenoxy) is 1. The quantitative estimate of drug-likeness (QED) is 0.832. The number of allylic oxidation sites excluding steroid dienone is 1. The summed E-state index contributed by atoms with van der Waals surface area (Å²) in [6.07, 6.45) is -3.94. The van der Waals surface area contributed by atoms with Gasteiger partial charge in [-0.15, -0.1) is 0 Å². The minimum absolute atomic E-state index is 0.0769. The molecule has 0 radical (unpaired) electrons. The van der Waals surface area contributed by atoms with Crippen LogP contribution in [-0.2, 0) is 11.3 Å². The van der Waals surface area contributed by atoms with E-state index < -0.39 is 23.9 Å². The Hall–Kier alpha value is -2.51. The Balaban J connectivity index is 2.29. The number of ketones is 1. The van der Waals surface area contributed by atoms with Gasteiger partial charge in [0, 0.05) is 18.9 Å². The van der Waals surface area contributed by atoms with E-state index in [9.17, 15) is 22.8 Å². The second-order valence-corrected chi connectivity index (χ2v) is 6.38. The second kappa shape index (κ2) is 7.80. The van der Waals surface area contributed by atoms with Crippen LogP contribution in [0.25, 0.3) is 0 Å². The molecule has 1 heterocycles. The summed E-state index contributed by atoms with van der Waals surface area (Å²) in [6, 6.07) is 4.99. The molecule has 0 aromatic heterocycles. The molecule has 142 valence electrons. The molecule has 0 spiro atoms. The van der Waals surface area contributed by atoms with Crippen LogP contribution in [-0.4, -0.2) is 36.0 Å². The summed E-state index contributed by atoms with van der Waals surface area (Å²) in [5, 5.41) is 1.87. The van der Waals surface area contributed by atoms with Crippen LogP contribution in [0.3, 0.4) is 0 Å². The summed E-state index contributed by atoms with van der Waals surface area (Å²) in [4.78, 5) is 25.6. The molecule has 1 aliphatic heterocycles. The molecule has 2 rings (SSSR count). The van der Waals surface area contributed by atoms with Gasteiger partial charge >= 0.3 is 12.2 Å². The summed E-state index contributed by atoms with van der Waals surface area (Å²) in [7, 11) is 1.52. The Bertz CT molecular complexity index is 697. The van der Waals surface area contributed by atoms with Gasteiger partial charge in [-0.1, -0.05) is 26.0 Å². The van der Waals surface area contributed by atoms with E-state index in [0.717, 1.165) is 6.08 Å². The predicted molar refractivity (Wildman–Crippen MR) is 89.5 cm³/mol. The molecular formula is C18H21F3N2O3. The average Bonchev–Trinajstić information content (AvgIpc) is 2.57. The fourth-order valence-electron chi connectivity index (χ4n) is 2.55. The lowest BCUT2D eigenvalue weighted by Gasteiger charge is -2.35. The average molecular weight is 370 g/mol. The van der Waals surface area contributed by atoms with Gasteiger partial charge in [-0.3, -0.25) is 4.79 Å². The minimum Gasteiger partial charge on any atom is -0.497 e. The van der Waals surface area contributed by atoms with Crippen molar-refractivity contribution < 1.29 is 27.5 Å². The molecule has 1 aromatic rings. The first-order valence-corrected chi connectivity index (χ1v) is 8.14. The van der Waals surface area contributed by atoms with Crippen molar-refractivity contribution in [3.63, 3.8) is 0 Å². The van der Waals surface area contributed by atoms with Crippen molar-refractivity contribution in [1.29, 1.82) is 0 Å². The molecule has 0 saturated heterocycles. The number of hydrogen-bond acceptors (Lipinski definition) is 3. The molecule has 0 fully saturated rings. The molecule has 0 aliphatic carbocycles. The highest BCUT2D eigenvalue weighted by atomic mass is 19.4. The number of amides is 2. The van der Waals surface area contributed by atoms with E-state index in [4.69, 9.17) is 4.74 Å². The topological polar surface area (TPSA) is 58.6 Å². The normalized spacial score (nSPS) is 17.8. The standard InChI is InChI=1S/C18H21F3N2O3/c1-11(2)15(24)8-13-9-16(18(19,20)21)22-17(25)23(13)10-12-4-6-14(26-3)7-5-12/h4-7,9,11,13H,8,10H2,1-3H3,(H,22,25). The summed E-state index contributed by atoms with van der Waals surface area (Å²) in [5.74, 6) is 0.0930. The lowest BCUT2D eigenvalue weighted by atomic mass is 9.98. The van der Waals surface area contributed by atoms with Crippen LogP contribution in [0, 0.1) is 5.92 Å². The van der Waals surface area contributed by atoms with Gasteiger partial charge in [0.05, 0.1) is 13.2 Å². The summed E-state index contributed by atoms with van der Waals surface area (Å²) in [6.45, 7) is 3.42. The molecular weight excluding hydrogens is 349 g/mol. The zero-order valence-electron chi connectivity index (χ0n) is 14.8. The number of carbonyl (C=O) groups is 2. The molecule has 5 nitrogen and oxygen atoms in total. The van der Waals surface area contributed by atoms with Gasteiger partial charge < -0.3 is 15.0 Å². The Morgan fingerprint density at radius 3 is 2.38 bits per heavy atom. The van der Waals surface area contributed by atoms with Gasteiger partial charge in [-0.05, 0) is 23.8 Å². The highest BCUT2D eigenvalue weighted by Crippen LogP contribution is 2.29. The van der Waals surface area contributed by atoms with E-state index in [1.807, 2.05) is 5.32 Å². The molecule has 1 aromatic carbocycles. The van der Waals surface area contributed by atoms with Crippen LogP contribution in [0.2, 0.25) is 0 Å². The van der Waals surface area contributed by atoms with Crippen LogP contribution >= 0.6 is 0 Å². The fourth-order valence-corrected chi connectivity index (χ4v) is 2.55. The number of carbonyl (C=O) groups excluding carboxylic acids is 2. The maximum absolute atomic E-state index is 13.0. The van der Waals surface area contributed by atoms with Gasteiger partial charge in [0.2, 0.25) is 0 Å². The molecule has 1 aliphatic rings. The maximum Gasteiger partial charge on any atom is 0.431 e. The number of methoxy groups -OCH3 is 1. The molecule has 0 saturated carbocycles. The first kappa shape index (κ1) is 19.8. The Morgan fingerprint density at radius 1 is 1.27 bits per heavy atom. The van der Waals surface area contributed by atoms with Crippen molar-refractivity contribution in [1.82, 2.24) is 10.2 Å². The number of alkyl halides is 3. The molecule has 0 bridgehead atoms. The molecule has 1 atom stereocenters. The van der Waals surface area contributed by atoms with E-state index >= 15 is 0 Å². The summed E-state index contributed by atoms with van der Waals surface area (Å²) >= 11 is 0. The van der Waals surface area contributed by atoms with E-state index in [-0.39, 0.29) is 24.7 Å². The summed E-state index contributed by atoms with van der Waals surface area (Å²) in [5.41, 5.74) is -0.415. The zero-order chi connectivity index (χ0) is 19.5. The Kier molecular flexibility index (Phi) is 5.94. The number of halogens is 3. The van der Waals surface area contributed by atoms with Crippen molar-refractivity contribution in [3.8, 4) is 5.75 Å². The number of Topliss-reactive ketones (excluding diaryl/α,β-unsaturated/α-hetero) is 1. The van der Waals surface area contributed by atoms with Crippen LogP contribution in [0.15, 0.2) is 36.0 Å². The molecule has 2 amide bonds. The minimum atomic E-state index is -4.68. The highest BCUT2D eigenvalue weighted by molar-refractivity contribution is 5.84. The number of nitrogens with zero attached hydrogens (tertiary/aromatic N) is 1. The second-order valence-electron chi connectivity index (χ2n) is 6.38. The SMILES string of the molecule is COc1ccc(CN2C(=O)NC(C(F)(F)F)=CC2CC(=O)C(C)C)cc1. The molecule has 8 heteroatoms. The van der Waals surface area contributed by atoms with E-state index in [0.29, 0.717) is 11.3 Å². The van der Waals surface area contributed by atoms with E-state index in [2.05, 4.69) is 0 Å². The monoisotopic (exact) mass is 370 g/mol. The van der Waals surface area contributed by atoms with Crippen LogP contribution in [0.4, 0.5) is 18.0 Å². The smallest absolute Gasteiger partial charge is 0.431 e. The van der Waals surface area contributed by atoms with Crippen LogP contribution in [0.5, 0.6) is 5.75 Å². The van der Waals surface area contributed by atoms with Gasteiger partial charge in [-0.25, -0.2) is 4.79 Å².